The quantitative estimate of drug-likeness (QED) is 0.0912. The van der Waals surface area contributed by atoms with Gasteiger partial charge in [0.15, 0.2) is 18.1 Å². The van der Waals surface area contributed by atoms with Crippen LogP contribution in [0.25, 0.3) is 0 Å². The Morgan fingerprint density at radius 2 is 1.62 bits per heavy atom. The van der Waals surface area contributed by atoms with Gasteiger partial charge in [-0.25, -0.2) is 5.43 Å². The van der Waals surface area contributed by atoms with Gasteiger partial charge in [-0.15, -0.1) is 0 Å². The van der Waals surface area contributed by atoms with E-state index in [0.717, 1.165) is 11.1 Å². The largest absolute Gasteiger partial charge is 0.493 e. The van der Waals surface area contributed by atoms with Crippen LogP contribution >= 0.6 is 22.6 Å². The molecule has 0 radical (unpaired) electrons. The molecule has 10 nitrogen and oxygen atoms in total. The molecule has 0 saturated carbocycles. The maximum atomic E-state index is 12.4. The first-order valence-electron chi connectivity index (χ1n) is 12.0. The van der Waals surface area contributed by atoms with Crippen LogP contribution < -0.4 is 30.3 Å². The number of hydrogen-bond donors (Lipinski definition) is 3. The molecule has 0 fully saturated rings. The zero-order chi connectivity index (χ0) is 29.1. The van der Waals surface area contributed by atoms with E-state index < -0.39 is 11.8 Å². The van der Waals surface area contributed by atoms with Crippen LogP contribution in [-0.4, -0.2) is 44.3 Å². The number of nitrogens with zero attached hydrogens (tertiary/aromatic N) is 1. The van der Waals surface area contributed by atoms with Gasteiger partial charge in [0.1, 0.15) is 12.4 Å². The molecule has 0 aliphatic rings. The monoisotopic (exact) mass is 656 g/mol. The van der Waals surface area contributed by atoms with E-state index in [4.69, 9.17) is 14.2 Å². The molecule has 0 bridgehead atoms. The van der Waals surface area contributed by atoms with Crippen LogP contribution in [0.1, 0.15) is 16.7 Å². The van der Waals surface area contributed by atoms with E-state index in [9.17, 15) is 14.4 Å². The first kappa shape index (κ1) is 30.2. The fourth-order valence-electron chi connectivity index (χ4n) is 3.53. The molecule has 3 rings (SSSR count). The van der Waals surface area contributed by atoms with Crippen LogP contribution in [0.4, 0.5) is 11.4 Å². The Kier molecular flexibility index (Phi) is 11.1. The maximum absolute atomic E-state index is 12.4. The lowest BCUT2D eigenvalue weighted by atomic mass is 10.1. The summed E-state index contributed by atoms with van der Waals surface area (Å²) in [6.07, 6.45) is 2.98. The SMILES string of the molecule is C=CCOc1ccc(NC(=O)C(=O)N/N=C\c2cc(I)c(OCC(=O)Nc3cc(C)cc(C)c3)c(OC)c2)cc1. The highest BCUT2D eigenvalue weighted by Gasteiger charge is 2.15. The summed E-state index contributed by atoms with van der Waals surface area (Å²) in [6, 6.07) is 15.7. The zero-order valence-electron chi connectivity index (χ0n) is 22.2. The summed E-state index contributed by atoms with van der Waals surface area (Å²) in [5.74, 6) is -0.774. The lowest BCUT2D eigenvalue weighted by molar-refractivity contribution is -0.136. The first-order chi connectivity index (χ1) is 19.2. The number of anilines is 2. The van der Waals surface area contributed by atoms with E-state index in [2.05, 4.69) is 27.7 Å². The molecular weight excluding hydrogens is 627 g/mol. The Bertz CT molecular complexity index is 1400. The van der Waals surface area contributed by atoms with Gasteiger partial charge in [0.2, 0.25) is 0 Å². The highest BCUT2D eigenvalue weighted by molar-refractivity contribution is 14.1. The number of ether oxygens (including phenoxy) is 3. The van der Waals surface area contributed by atoms with Crippen molar-refractivity contribution in [3.8, 4) is 17.2 Å². The van der Waals surface area contributed by atoms with Crippen molar-refractivity contribution in [1.82, 2.24) is 5.43 Å². The Morgan fingerprint density at radius 3 is 2.27 bits per heavy atom. The van der Waals surface area contributed by atoms with Crippen molar-refractivity contribution in [2.45, 2.75) is 13.8 Å². The number of carbonyl (C=O) groups is 3. The molecule has 208 valence electrons. The fraction of sp³-hybridized carbons (Fsp3) is 0.172. The molecule has 0 unspecified atom stereocenters. The zero-order valence-corrected chi connectivity index (χ0v) is 24.4. The lowest BCUT2D eigenvalue weighted by Gasteiger charge is -2.14. The van der Waals surface area contributed by atoms with E-state index >= 15 is 0 Å². The summed E-state index contributed by atoms with van der Waals surface area (Å²) >= 11 is 2.05. The van der Waals surface area contributed by atoms with Crippen LogP contribution in [0.15, 0.2) is 72.4 Å². The van der Waals surface area contributed by atoms with Gasteiger partial charge in [0.05, 0.1) is 16.9 Å². The molecule has 0 atom stereocenters. The molecule has 3 aromatic carbocycles. The highest BCUT2D eigenvalue weighted by Crippen LogP contribution is 2.33. The molecular formula is C29H29IN4O6. The lowest BCUT2D eigenvalue weighted by Crippen LogP contribution is -2.32. The van der Waals surface area contributed by atoms with Crippen molar-refractivity contribution in [2.75, 3.05) is 31.0 Å². The van der Waals surface area contributed by atoms with Crippen LogP contribution in [0, 0.1) is 17.4 Å². The van der Waals surface area contributed by atoms with Gasteiger partial charge in [0, 0.05) is 11.4 Å². The smallest absolute Gasteiger partial charge is 0.329 e. The number of hydrazone groups is 1. The molecule has 0 saturated heterocycles. The molecule has 0 aliphatic carbocycles. The normalized spacial score (nSPS) is 10.5. The maximum Gasteiger partial charge on any atom is 0.329 e. The summed E-state index contributed by atoms with van der Waals surface area (Å²) in [6.45, 7) is 7.63. The Balaban J connectivity index is 1.55. The van der Waals surface area contributed by atoms with E-state index in [1.54, 1.807) is 42.5 Å². The Hall–Kier alpha value is -4.39. The molecule has 0 aromatic heterocycles. The van der Waals surface area contributed by atoms with Crippen LogP contribution in [0.2, 0.25) is 0 Å². The van der Waals surface area contributed by atoms with Gasteiger partial charge >= 0.3 is 11.8 Å². The first-order valence-corrected chi connectivity index (χ1v) is 13.1. The number of rotatable bonds is 11. The van der Waals surface area contributed by atoms with Gasteiger partial charge in [0.25, 0.3) is 5.91 Å². The number of methoxy groups -OCH3 is 1. The minimum absolute atomic E-state index is 0.220. The minimum atomic E-state index is -0.945. The number of hydrogen-bond acceptors (Lipinski definition) is 7. The summed E-state index contributed by atoms with van der Waals surface area (Å²) in [7, 11) is 1.47. The van der Waals surface area contributed by atoms with Crippen LogP contribution in [-0.2, 0) is 14.4 Å². The molecule has 11 heteroatoms. The molecule has 0 spiro atoms. The third-order valence-corrected chi connectivity index (χ3v) is 5.97. The number of nitrogens with one attached hydrogen (secondary N) is 3. The highest BCUT2D eigenvalue weighted by atomic mass is 127. The summed E-state index contributed by atoms with van der Waals surface area (Å²) < 4.78 is 17.2. The number of halogens is 1. The van der Waals surface area contributed by atoms with E-state index in [-0.39, 0.29) is 12.5 Å². The van der Waals surface area contributed by atoms with E-state index in [1.165, 1.54) is 13.3 Å². The van der Waals surface area contributed by atoms with Crippen LogP contribution in [0.5, 0.6) is 17.2 Å². The minimum Gasteiger partial charge on any atom is -0.493 e. The number of carbonyl (C=O) groups excluding carboxylic acids is 3. The summed E-state index contributed by atoms with van der Waals surface area (Å²) in [5.41, 5.74) is 5.97. The van der Waals surface area contributed by atoms with Crippen molar-refractivity contribution in [2.24, 2.45) is 5.10 Å². The fourth-order valence-corrected chi connectivity index (χ4v) is 4.31. The van der Waals surface area contributed by atoms with Gasteiger partial charge in [-0.2, -0.15) is 5.10 Å². The molecule has 3 amide bonds. The van der Waals surface area contributed by atoms with Crippen LogP contribution in [0.3, 0.4) is 0 Å². The van der Waals surface area contributed by atoms with E-state index in [1.807, 2.05) is 54.6 Å². The second kappa shape index (κ2) is 14.7. The topological polar surface area (TPSA) is 127 Å². The molecule has 3 aromatic rings. The second-order valence-electron chi connectivity index (χ2n) is 8.52. The summed E-state index contributed by atoms with van der Waals surface area (Å²) in [4.78, 5) is 36.8. The van der Waals surface area contributed by atoms with E-state index in [0.29, 0.717) is 44.4 Å². The number of amides is 3. The molecule has 0 aliphatic heterocycles. The number of benzene rings is 3. The van der Waals surface area contributed by atoms with Gasteiger partial charge < -0.3 is 24.8 Å². The second-order valence-corrected chi connectivity index (χ2v) is 9.69. The van der Waals surface area contributed by atoms with Crippen molar-refractivity contribution in [1.29, 1.82) is 0 Å². The molecule has 0 heterocycles. The third kappa shape index (κ3) is 9.12. The third-order valence-electron chi connectivity index (χ3n) is 5.17. The predicted molar refractivity (Wildman–Crippen MR) is 162 cm³/mol. The number of aryl methyl sites for hydroxylation is 2. The van der Waals surface area contributed by atoms with Crippen molar-refractivity contribution < 1.29 is 28.6 Å². The molecule has 3 N–H and O–H groups in total. The van der Waals surface area contributed by atoms with Crippen molar-refractivity contribution in [3.05, 3.63) is 87.5 Å². The average Bonchev–Trinajstić information content (AvgIpc) is 2.91. The van der Waals surface area contributed by atoms with Gasteiger partial charge in [-0.1, -0.05) is 18.7 Å². The Morgan fingerprint density at radius 1 is 0.925 bits per heavy atom. The standard InChI is InChI=1S/C29H29IN4O6/c1-5-10-39-23-8-6-21(7-9-23)33-28(36)29(37)34-31-16-20-14-24(30)27(25(15-20)38-4)40-17-26(35)32-22-12-18(2)11-19(3)13-22/h5-9,11-16H,1,10,17H2,2-4H3,(H,32,35)(H,33,36)(H,34,37)/b31-16-. The summed E-state index contributed by atoms with van der Waals surface area (Å²) in [5, 5.41) is 9.16. The van der Waals surface area contributed by atoms with Gasteiger partial charge in [-0.3, -0.25) is 14.4 Å². The predicted octanol–water partition coefficient (Wildman–Crippen LogP) is 4.59. The van der Waals surface area contributed by atoms with Crippen molar-refractivity contribution >= 4 is 57.9 Å². The Labute approximate surface area is 245 Å². The molecule has 40 heavy (non-hydrogen) atoms. The average molecular weight is 656 g/mol. The van der Waals surface area contributed by atoms with Crippen molar-refractivity contribution in [3.63, 3.8) is 0 Å². The van der Waals surface area contributed by atoms with Gasteiger partial charge in [-0.05, 0) is 102 Å².